The maximum Gasteiger partial charge on any atom is 0.159 e. The van der Waals surface area contributed by atoms with Gasteiger partial charge in [0.05, 0.1) is 5.69 Å². The molecular formula is C17H23BrN6. The third-order valence-electron chi connectivity index (χ3n) is 4.18. The van der Waals surface area contributed by atoms with Gasteiger partial charge in [-0.1, -0.05) is 18.6 Å². The van der Waals surface area contributed by atoms with Crippen molar-refractivity contribution in [1.29, 1.82) is 0 Å². The largest absolute Gasteiger partial charge is 0.393 e. The average molecular weight is 391 g/mol. The Morgan fingerprint density at radius 1 is 1.08 bits per heavy atom. The van der Waals surface area contributed by atoms with Crippen molar-refractivity contribution in [3.8, 4) is 0 Å². The molecule has 1 fully saturated rings. The van der Waals surface area contributed by atoms with Crippen molar-refractivity contribution in [2.75, 3.05) is 42.5 Å². The third-order valence-corrected chi connectivity index (χ3v) is 4.87. The molecule has 1 aromatic carbocycles. The zero-order valence-corrected chi connectivity index (χ0v) is 15.2. The Hall–Kier alpha value is -1.86. The maximum absolute atomic E-state index is 6.22. The SMILES string of the molecule is Nc1c(NCCN2CCCCC2)ncnc1Nc1ccccc1Br. The van der Waals surface area contributed by atoms with E-state index in [0.717, 1.165) is 23.2 Å². The van der Waals surface area contributed by atoms with Crippen LogP contribution in [0.15, 0.2) is 35.1 Å². The molecule has 3 rings (SSSR count). The molecule has 128 valence electrons. The first-order chi connectivity index (χ1) is 11.7. The smallest absolute Gasteiger partial charge is 0.159 e. The Bertz CT molecular complexity index is 672. The number of nitrogens with one attached hydrogen (secondary N) is 2. The second kappa shape index (κ2) is 8.30. The number of halogens is 1. The van der Waals surface area contributed by atoms with Gasteiger partial charge in [-0.05, 0) is 54.0 Å². The topological polar surface area (TPSA) is 79.1 Å². The van der Waals surface area contributed by atoms with Gasteiger partial charge in [0.25, 0.3) is 0 Å². The number of anilines is 4. The summed E-state index contributed by atoms with van der Waals surface area (Å²) >= 11 is 3.51. The predicted octanol–water partition coefficient (Wildman–Crippen LogP) is 3.46. The summed E-state index contributed by atoms with van der Waals surface area (Å²) in [6, 6.07) is 7.86. The first-order valence-electron chi connectivity index (χ1n) is 8.32. The lowest BCUT2D eigenvalue weighted by Crippen LogP contribution is -2.33. The van der Waals surface area contributed by atoms with Gasteiger partial charge in [0.2, 0.25) is 0 Å². The van der Waals surface area contributed by atoms with Gasteiger partial charge in [0.15, 0.2) is 11.6 Å². The van der Waals surface area contributed by atoms with Crippen molar-refractivity contribution in [3.63, 3.8) is 0 Å². The first-order valence-corrected chi connectivity index (χ1v) is 9.11. The summed E-state index contributed by atoms with van der Waals surface area (Å²) in [5.74, 6) is 1.29. The van der Waals surface area contributed by atoms with Crippen LogP contribution in [-0.2, 0) is 0 Å². The molecule has 0 aliphatic carbocycles. The minimum atomic E-state index is 0.534. The molecule has 0 atom stereocenters. The Labute approximate surface area is 151 Å². The van der Waals surface area contributed by atoms with Crippen LogP contribution in [0.2, 0.25) is 0 Å². The minimum absolute atomic E-state index is 0.534. The van der Waals surface area contributed by atoms with Crippen LogP contribution in [0.25, 0.3) is 0 Å². The molecule has 1 saturated heterocycles. The van der Waals surface area contributed by atoms with Crippen molar-refractivity contribution in [3.05, 3.63) is 35.1 Å². The summed E-state index contributed by atoms with van der Waals surface area (Å²) in [6.07, 6.45) is 5.48. The van der Waals surface area contributed by atoms with Gasteiger partial charge >= 0.3 is 0 Å². The molecule has 0 amide bonds. The minimum Gasteiger partial charge on any atom is -0.393 e. The van der Waals surface area contributed by atoms with Gasteiger partial charge in [-0.3, -0.25) is 0 Å². The number of para-hydroxylation sites is 1. The number of nitrogens with two attached hydrogens (primary N) is 1. The van der Waals surface area contributed by atoms with Crippen LogP contribution in [0.5, 0.6) is 0 Å². The van der Waals surface area contributed by atoms with Crippen LogP contribution in [0, 0.1) is 0 Å². The summed E-state index contributed by atoms with van der Waals surface area (Å²) in [5, 5.41) is 6.58. The highest BCUT2D eigenvalue weighted by molar-refractivity contribution is 9.10. The molecular weight excluding hydrogens is 368 g/mol. The van der Waals surface area contributed by atoms with Crippen LogP contribution in [0.3, 0.4) is 0 Å². The molecule has 0 spiro atoms. The van der Waals surface area contributed by atoms with E-state index in [1.54, 1.807) is 0 Å². The van der Waals surface area contributed by atoms with E-state index in [4.69, 9.17) is 5.73 Å². The lowest BCUT2D eigenvalue weighted by molar-refractivity contribution is 0.237. The van der Waals surface area contributed by atoms with Crippen molar-refractivity contribution in [2.45, 2.75) is 19.3 Å². The quantitative estimate of drug-likeness (QED) is 0.700. The monoisotopic (exact) mass is 390 g/mol. The fourth-order valence-corrected chi connectivity index (χ4v) is 3.23. The number of hydrogen-bond donors (Lipinski definition) is 3. The third kappa shape index (κ3) is 4.36. The van der Waals surface area contributed by atoms with E-state index in [1.165, 1.54) is 38.7 Å². The first kappa shape index (κ1) is 17.0. The zero-order valence-electron chi connectivity index (χ0n) is 13.6. The maximum atomic E-state index is 6.22. The molecule has 2 heterocycles. The molecule has 0 saturated carbocycles. The second-order valence-electron chi connectivity index (χ2n) is 5.92. The highest BCUT2D eigenvalue weighted by Gasteiger charge is 2.12. The van der Waals surface area contributed by atoms with Crippen LogP contribution in [0.4, 0.5) is 23.0 Å². The van der Waals surface area contributed by atoms with Gasteiger partial charge in [-0.2, -0.15) is 0 Å². The number of benzene rings is 1. The number of nitrogens with zero attached hydrogens (tertiary/aromatic N) is 3. The fraction of sp³-hybridized carbons (Fsp3) is 0.412. The number of hydrogen-bond acceptors (Lipinski definition) is 6. The highest BCUT2D eigenvalue weighted by Crippen LogP contribution is 2.29. The Morgan fingerprint density at radius 2 is 1.83 bits per heavy atom. The Morgan fingerprint density at radius 3 is 2.62 bits per heavy atom. The van der Waals surface area contributed by atoms with Crippen molar-refractivity contribution < 1.29 is 0 Å². The molecule has 0 radical (unpaired) electrons. The average Bonchev–Trinajstić information content (AvgIpc) is 2.61. The van der Waals surface area contributed by atoms with E-state index < -0.39 is 0 Å². The fourth-order valence-electron chi connectivity index (χ4n) is 2.84. The summed E-state index contributed by atoms with van der Waals surface area (Å²) in [5.41, 5.74) is 7.67. The predicted molar refractivity (Wildman–Crippen MR) is 103 cm³/mol. The van der Waals surface area contributed by atoms with Crippen LogP contribution >= 0.6 is 15.9 Å². The number of nitrogen functional groups attached to an aromatic ring is 1. The van der Waals surface area contributed by atoms with Gasteiger partial charge in [-0.15, -0.1) is 0 Å². The molecule has 1 aromatic heterocycles. The van der Waals surface area contributed by atoms with E-state index in [-0.39, 0.29) is 0 Å². The van der Waals surface area contributed by atoms with Crippen LogP contribution in [0.1, 0.15) is 19.3 Å². The number of rotatable bonds is 6. The number of piperidine rings is 1. The lowest BCUT2D eigenvalue weighted by atomic mass is 10.1. The molecule has 2 aromatic rings. The van der Waals surface area contributed by atoms with Crippen molar-refractivity contribution in [2.24, 2.45) is 0 Å². The highest BCUT2D eigenvalue weighted by atomic mass is 79.9. The van der Waals surface area contributed by atoms with Crippen LogP contribution < -0.4 is 16.4 Å². The standard InChI is InChI=1S/C17H23BrN6/c18-13-6-2-3-7-14(13)23-17-15(19)16(21-12-22-17)20-8-11-24-9-4-1-5-10-24/h2-3,6-7,12H,1,4-5,8-11,19H2,(H2,20,21,22,23). The normalized spacial score (nSPS) is 15.2. The molecule has 1 aliphatic heterocycles. The second-order valence-corrected chi connectivity index (χ2v) is 6.77. The summed E-state index contributed by atoms with van der Waals surface area (Å²) < 4.78 is 0.961. The van der Waals surface area contributed by atoms with E-state index in [2.05, 4.69) is 41.4 Å². The van der Waals surface area contributed by atoms with Gasteiger partial charge < -0.3 is 21.3 Å². The molecule has 4 N–H and O–H groups in total. The summed E-state index contributed by atoms with van der Waals surface area (Å²) in [4.78, 5) is 11.0. The van der Waals surface area contributed by atoms with Crippen molar-refractivity contribution >= 4 is 38.9 Å². The molecule has 6 nitrogen and oxygen atoms in total. The number of likely N-dealkylation sites (tertiary alicyclic amines) is 1. The van der Waals surface area contributed by atoms with E-state index in [0.29, 0.717) is 17.3 Å². The van der Waals surface area contributed by atoms with Crippen LogP contribution in [-0.4, -0.2) is 41.0 Å². The lowest BCUT2D eigenvalue weighted by Gasteiger charge is -2.26. The number of aromatic nitrogens is 2. The van der Waals surface area contributed by atoms with Crippen molar-refractivity contribution in [1.82, 2.24) is 14.9 Å². The molecule has 0 unspecified atom stereocenters. The summed E-state index contributed by atoms with van der Waals surface area (Å²) in [6.45, 7) is 4.22. The molecule has 1 aliphatic rings. The van der Waals surface area contributed by atoms with E-state index in [1.807, 2.05) is 24.3 Å². The van der Waals surface area contributed by atoms with Gasteiger partial charge in [0, 0.05) is 17.6 Å². The zero-order chi connectivity index (χ0) is 16.8. The molecule has 0 bridgehead atoms. The van der Waals surface area contributed by atoms with Gasteiger partial charge in [-0.25, -0.2) is 9.97 Å². The Balaban J connectivity index is 1.61. The molecule has 24 heavy (non-hydrogen) atoms. The summed E-state index contributed by atoms with van der Waals surface area (Å²) in [7, 11) is 0. The molecule has 7 heteroatoms. The van der Waals surface area contributed by atoms with E-state index in [9.17, 15) is 0 Å². The Kier molecular flexibility index (Phi) is 5.87. The van der Waals surface area contributed by atoms with E-state index >= 15 is 0 Å². The van der Waals surface area contributed by atoms with Gasteiger partial charge in [0.1, 0.15) is 12.0 Å².